The van der Waals surface area contributed by atoms with Crippen LogP contribution in [0.1, 0.15) is 5.69 Å². The molecule has 0 amide bonds. The molecule has 1 aliphatic heterocycles. The molecule has 20 heavy (non-hydrogen) atoms. The van der Waals surface area contributed by atoms with Crippen molar-refractivity contribution in [1.29, 1.82) is 5.26 Å². The van der Waals surface area contributed by atoms with Gasteiger partial charge in [0.2, 0.25) is 10.0 Å². The van der Waals surface area contributed by atoms with Gasteiger partial charge in [0.25, 0.3) is 0 Å². The quantitative estimate of drug-likeness (QED) is 0.809. The SMILES string of the molecule is CN1CCOC(CNS(=O)(=O)c2ccc(C#N)nc2)C1. The Balaban J connectivity index is 1.98. The smallest absolute Gasteiger partial charge is 0.242 e. The molecule has 0 radical (unpaired) electrons. The van der Waals surface area contributed by atoms with Crippen molar-refractivity contribution < 1.29 is 13.2 Å². The lowest BCUT2D eigenvalue weighted by Gasteiger charge is -2.30. The van der Waals surface area contributed by atoms with Crippen molar-refractivity contribution in [2.24, 2.45) is 0 Å². The molecule has 1 aromatic heterocycles. The number of rotatable bonds is 4. The van der Waals surface area contributed by atoms with Crippen molar-refractivity contribution in [3.05, 3.63) is 24.0 Å². The van der Waals surface area contributed by atoms with E-state index in [9.17, 15) is 8.42 Å². The molecule has 2 rings (SSSR count). The van der Waals surface area contributed by atoms with E-state index in [0.717, 1.165) is 6.54 Å². The van der Waals surface area contributed by atoms with Crippen LogP contribution in [0.15, 0.2) is 23.2 Å². The van der Waals surface area contributed by atoms with Gasteiger partial charge in [0.15, 0.2) is 0 Å². The van der Waals surface area contributed by atoms with Crippen molar-refractivity contribution in [3.8, 4) is 6.07 Å². The summed E-state index contributed by atoms with van der Waals surface area (Å²) in [5.41, 5.74) is 0.182. The van der Waals surface area contributed by atoms with E-state index in [1.807, 2.05) is 13.1 Å². The first-order valence-corrected chi connectivity index (χ1v) is 7.65. The highest BCUT2D eigenvalue weighted by Crippen LogP contribution is 2.08. The molecule has 0 aliphatic carbocycles. The van der Waals surface area contributed by atoms with Gasteiger partial charge in [0.05, 0.1) is 12.7 Å². The molecule has 1 unspecified atom stereocenters. The van der Waals surface area contributed by atoms with Gasteiger partial charge in [-0.2, -0.15) is 5.26 Å². The fraction of sp³-hybridized carbons (Fsp3) is 0.500. The van der Waals surface area contributed by atoms with Crippen LogP contribution in [-0.4, -0.2) is 57.7 Å². The Morgan fingerprint density at radius 3 is 3.00 bits per heavy atom. The number of likely N-dealkylation sites (N-methyl/N-ethyl adjacent to an activating group) is 1. The molecular weight excluding hydrogens is 280 g/mol. The zero-order valence-corrected chi connectivity index (χ0v) is 11.9. The van der Waals surface area contributed by atoms with Gasteiger partial charge >= 0.3 is 0 Å². The first kappa shape index (κ1) is 14.9. The Bertz CT molecular complexity index is 594. The number of hydrogen-bond donors (Lipinski definition) is 1. The summed E-state index contributed by atoms with van der Waals surface area (Å²) in [6.07, 6.45) is 1.02. The fourth-order valence-electron chi connectivity index (χ4n) is 1.88. The molecule has 1 saturated heterocycles. The average Bonchev–Trinajstić information content (AvgIpc) is 2.45. The number of pyridine rings is 1. The summed E-state index contributed by atoms with van der Waals surface area (Å²) >= 11 is 0. The zero-order chi connectivity index (χ0) is 14.6. The van der Waals surface area contributed by atoms with E-state index in [1.54, 1.807) is 0 Å². The number of nitrogens with zero attached hydrogens (tertiary/aromatic N) is 3. The molecule has 0 spiro atoms. The molecule has 1 atom stereocenters. The summed E-state index contributed by atoms with van der Waals surface area (Å²) in [6, 6.07) is 4.58. The molecule has 108 valence electrons. The zero-order valence-electron chi connectivity index (χ0n) is 11.1. The highest BCUT2D eigenvalue weighted by molar-refractivity contribution is 7.89. The van der Waals surface area contributed by atoms with Crippen molar-refractivity contribution in [2.45, 2.75) is 11.0 Å². The maximum absolute atomic E-state index is 12.1. The van der Waals surface area contributed by atoms with Gasteiger partial charge in [0, 0.05) is 25.8 Å². The van der Waals surface area contributed by atoms with Crippen LogP contribution in [0.2, 0.25) is 0 Å². The van der Waals surface area contributed by atoms with E-state index in [0.29, 0.717) is 13.2 Å². The second kappa shape index (κ2) is 6.28. The molecule has 1 N–H and O–H groups in total. The highest BCUT2D eigenvalue weighted by Gasteiger charge is 2.21. The number of hydrogen-bond acceptors (Lipinski definition) is 6. The molecule has 2 heterocycles. The number of aromatic nitrogens is 1. The maximum atomic E-state index is 12.1. The fourth-order valence-corrected chi connectivity index (χ4v) is 2.89. The van der Waals surface area contributed by atoms with E-state index in [4.69, 9.17) is 10.00 Å². The minimum Gasteiger partial charge on any atom is -0.374 e. The van der Waals surface area contributed by atoms with E-state index in [2.05, 4.69) is 14.6 Å². The third-order valence-corrected chi connectivity index (χ3v) is 4.41. The van der Waals surface area contributed by atoms with Gasteiger partial charge in [0.1, 0.15) is 16.7 Å². The van der Waals surface area contributed by atoms with Crippen molar-refractivity contribution in [3.63, 3.8) is 0 Å². The van der Waals surface area contributed by atoms with Gasteiger partial charge in [-0.1, -0.05) is 0 Å². The topological polar surface area (TPSA) is 95.3 Å². The standard InChI is InChI=1S/C12H16N4O3S/c1-16-4-5-19-11(9-16)7-15-20(17,18)12-3-2-10(6-13)14-8-12/h2-3,8,11,15H,4-5,7,9H2,1H3. The van der Waals surface area contributed by atoms with Crippen LogP contribution in [0, 0.1) is 11.3 Å². The largest absolute Gasteiger partial charge is 0.374 e. The summed E-state index contributed by atoms with van der Waals surface area (Å²) in [5.74, 6) is 0. The monoisotopic (exact) mass is 296 g/mol. The molecule has 7 nitrogen and oxygen atoms in total. The maximum Gasteiger partial charge on any atom is 0.242 e. The molecule has 0 saturated carbocycles. The van der Waals surface area contributed by atoms with Crippen LogP contribution in [0.3, 0.4) is 0 Å². The summed E-state index contributed by atoms with van der Waals surface area (Å²) < 4.78 is 32.1. The third-order valence-electron chi connectivity index (χ3n) is 3.00. The Labute approximate surface area is 118 Å². The lowest BCUT2D eigenvalue weighted by atomic mass is 10.3. The molecule has 1 fully saturated rings. The summed E-state index contributed by atoms with van der Waals surface area (Å²) in [4.78, 5) is 5.88. The second-order valence-electron chi connectivity index (χ2n) is 4.60. The minimum atomic E-state index is -3.62. The lowest BCUT2D eigenvalue weighted by Crippen LogP contribution is -2.45. The Hall–Kier alpha value is -1.53. The molecule has 1 aromatic rings. The first-order chi connectivity index (χ1) is 9.51. The van der Waals surface area contributed by atoms with E-state index >= 15 is 0 Å². The van der Waals surface area contributed by atoms with Crippen LogP contribution in [0.5, 0.6) is 0 Å². The molecular formula is C12H16N4O3S. The van der Waals surface area contributed by atoms with Crippen molar-refractivity contribution >= 4 is 10.0 Å². The predicted octanol–water partition coefficient (Wildman–Crippen LogP) is -0.438. The average molecular weight is 296 g/mol. The van der Waals surface area contributed by atoms with Gasteiger partial charge in [-0.3, -0.25) is 0 Å². The minimum absolute atomic E-state index is 0.0423. The number of ether oxygens (including phenoxy) is 1. The Kier molecular flexibility index (Phi) is 4.67. The summed E-state index contributed by atoms with van der Waals surface area (Å²) in [5, 5.41) is 8.63. The van der Waals surface area contributed by atoms with Gasteiger partial charge in [-0.15, -0.1) is 0 Å². The Morgan fingerprint density at radius 2 is 2.40 bits per heavy atom. The summed E-state index contributed by atoms with van der Waals surface area (Å²) in [7, 11) is -1.66. The molecule has 0 aromatic carbocycles. The van der Waals surface area contributed by atoms with Crippen LogP contribution < -0.4 is 4.72 Å². The third kappa shape index (κ3) is 3.74. The van der Waals surface area contributed by atoms with Crippen molar-refractivity contribution in [1.82, 2.24) is 14.6 Å². The number of nitrogens with one attached hydrogen (secondary N) is 1. The number of nitriles is 1. The molecule has 8 heteroatoms. The van der Waals surface area contributed by atoms with Crippen LogP contribution in [0.25, 0.3) is 0 Å². The molecule has 0 bridgehead atoms. The number of morpholine rings is 1. The van der Waals surface area contributed by atoms with E-state index < -0.39 is 10.0 Å². The van der Waals surface area contributed by atoms with Crippen LogP contribution in [-0.2, 0) is 14.8 Å². The van der Waals surface area contributed by atoms with Crippen LogP contribution >= 0.6 is 0 Å². The number of sulfonamides is 1. The van der Waals surface area contributed by atoms with Gasteiger partial charge in [-0.05, 0) is 19.2 Å². The molecule has 1 aliphatic rings. The van der Waals surface area contributed by atoms with Gasteiger partial charge < -0.3 is 9.64 Å². The van der Waals surface area contributed by atoms with Crippen molar-refractivity contribution in [2.75, 3.05) is 33.3 Å². The summed E-state index contributed by atoms with van der Waals surface area (Å²) in [6.45, 7) is 2.35. The highest BCUT2D eigenvalue weighted by atomic mass is 32.2. The predicted molar refractivity (Wildman–Crippen MR) is 71.4 cm³/mol. The first-order valence-electron chi connectivity index (χ1n) is 6.17. The second-order valence-corrected chi connectivity index (χ2v) is 6.36. The van der Waals surface area contributed by atoms with Crippen LogP contribution in [0.4, 0.5) is 0 Å². The van der Waals surface area contributed by atoms with Gasteiger partial charge in [-0.25, -0.2) is 18.1 Å². The Morgan fingerprint density at radius 1 is 1.60 bits per heavy atom. The lowest BCUT2D eigenvalue weighted by molar-refractivity contribution is -0.0156. The van der Waals surface area contributed by atoms with E-state index in [-0.39, 0.29) is 23.2 Å². The normalized spacial score (nSPS) is 20.5. The van der Waals surface area contributed by atoms with E-state index in [1.165, 1.54) is 18.3 Å².